The largest absolute Gasteiger partial charge is 0.329 e. The second kappa shape index (κ2) is 7.62. The third-order valence-electron chi connectivity index (χ3n) is 3.20. The van der Waals surface area contributed by atoms with Crippen molar-refractivity contribution in [3.63, 3.8) is 0 Å². The Balaban J connectivity index is 2.51. The first-order valence-electron chi connectivity index (χ1n) is 6.98. The SMILES string of the molecule is NCCNS(=O)(=O)c1cccc(S(=O)(=O)c2cccc([SH](=O)=O)c2)c1. The van der Waals surface area contributed by atoms with Crippen molar-refractivity contribution in [3.05, 3.63) is 48.5 Å². The van der Waals surface area contributed by atoms with Gasteiger partial charge >= 0.3 is 0 Å². The summed E-state index contributed by atoms with van der Waals surface area (Å²) in [5.41, 5.74) is 5.26. The Bertz CT molecular complexity index is 1050. The molecule has 0 saturated heterocycles. The Morgan fingerprint density at radius 2 is 1.44 bits per heavy atom. The highest BCUT2D eigenvalue weighted by Gasteiger charge is 2.21. The van der Waals surface area contributed by atoms with Gasteiger partial charge in [0, 0.05) is 13.1 Å². The highest BCUT2D eigenvalue weighted by atomic mass is 32.2. The minimum Gasteiger partial charge on any atom is -0.329 e. The molecule has 0 fully saturated rings. The van der Waals surface area contributed by atoms with E-state index in [4.69, 9.17) is 5.73 Å². The van der Waals surface area contributed by atoms with Gasteiger partial charge in [-0.05, 0) is 36.4 Å². The number of benzene rings is 2. The van der Waals surface area contributed by atoms with Gasteiger partial charge in [-0.25, -0.2) is 30.0 Å². The third-order valence-corrected chi connectivity index (χ3v) is 7.11. The second-order valence-electron chi connectivity index (χ2n) is 4.92. The molecule has 2 rings (SSSR count). The molecule has 0 spiro atoms. The van der Waals surface area contributed by atoms with E-state index in [1.54, 1.807) is 0 Å². The van der Waals surface area contributed by atoms with Crippen LogP contribution in [0, 0.1) is 0 Å². The lowest BCUT2D eigenvalue weighted by Gasteiger charge is -2.09. The molecule has 0 aromatic heterocycles. The summed E-state index contributed by atoms with van der Waals surface area (Å²) in [6, 6.07) is 9.63. The van der Waals surface area contributed by atoms with E-state index in [2.05, 4.69) is 4.72 Å². The minimum absolute atomic E-state index is 0.0118. The molecule has 0 amide bonds. The molecule has 0 heterocycles. The van der Waals surface area contributed by atoms with Gasteiger partial charge in [0.2, 0.25) is 19.9 Å². The van der Waals surface area contributed by atoms with Crippen molar-refractivity contribution >= 4 is 30.6 Å². The molecular weight excluding hydrogens is 388 g/mol. The van der Waals surface area contributed by atoms with Crippen LogP contribution in [0.15, 0.2) is 68.1 Å². The van der Waals surface area contributed by atoms with Crippen LogP contribution in [-0.2, 0) is 30.6 Å². The molecule has 136 valence electrons. The molecule has 3 N–H and O–H groups in total. The Hall–Kier alpha value is -1.79. The maximum Gasteiger partial charge on any atom is 0.240 e. The predicted octanol–water partition coefficient (Wildman–Crippen LogP) is -0.273. The van der Waals surface area contributed by atoms with Crippen molar-refractivity contribution < 1.29 is 25.3 Å². The monoisotopic (exact) mass is 404 g/mol. The number of nitrogens with one attached hydrogen (secondary N) is 1. The molecule has 0 saturated carbocycles. The van der Waals surface area contributed by atoms with Gasteiger partial charge in [-0.1, -0.05) is 12.1 Å². The van der Waals surface area contributed by atoms with E-state index in [-0.39, 0.29) is 32.7 Å². The lowest BCUT2D eigenvalue weighted by atomic mass is 10.4. The highest BCUT2D eigenvalue weighted by Crippen LogP contribution is 2.24. The molecule has 0 bridgehead atoms. The summed E-state index contributed by atoms with van der Waals surface area (Å²) < 4.78 is 73.9. The highest BCUT2D eigenvalue weighted by molar-refractivity contribution is 7.91. The topological polar surface area (TPSA) is 140 Å². The molecule has 0 radical (unpaired) electrons. The van der Waals surface area contributed by atoms with Crippen LogP contribution in [-0.4, -0.2) is 38.3 Å². The first kappa shape index (κ1) is 19.5. The molecule has 0 atom stereocenters. The number of sulfonamides is 1. The molecule has 2 aromatic carbocycles. The van der Waals surface area contributed by atoms with Crippen LogP contribution in [0.2, 0.25) is 0 Å². The van der Waals surface area contributed by atoms with Crippen LogP contribution in [0.4, 0.5) is 0 Å². The number of nitrogens with two attached hydrogens (primary N) is 1. The normalized spacial score (nSPS) is 12.4. The van der Waals surface area contributed by atoms with Gasteiger partial charge in [0.05, 0.1) is 19.6 Å². The number of sulfone groups is 1. The van der Waals surface area contributed by atoms with Gasteiger partial charge in [-0.15, -0.1) is 0 Å². The van der Waals surface area contributed by atoms with Crippen LogP contribution in [0.3, 0.4) is 0 Å². The maximum atomic E-state index is 12.7. The summed E-state index contributed by atoms with van der Waals surface area (Å²) in [7, 11) is -10.9. The predicted molar refractivity (Wildman–Crippen MR) is 91.2 cm³/mol. The number of rotatable bonds is 7. The van der Waals surface area contributed by atoms with Crippen molar-refractivity contribution in [3.8, 4) is 0 Å². The van der Waals surface area contributed by atoms with Crippen molar-refractivity contribution in [1.82, 2.24) is 4.72 Å². The zero-order chi connectivity index (χ0) is 18.7. The fourth-order valence-electron chi connectivity index (χ4n) is 1.99. The number of thiol groups is 1. The number of hydrogen-bond acceptors (Lipinski definition) is 7. The molecule has 0 unspecified atom stereocenters. The third kappa shape index (κ3) is 4.44. The molecule has 0 aliphatic carbocycles. The zero-order valence-corrected chi connectivity index (χ0v) is 15.4. The van der Waals surface area contributed by atoms with Gasteiger partial charge in [0.15, 0.2) is 10.7 Å². The maximum absolute atomic E-state index is 12.7. The van der Waals surface area contributed by atoms with Crippen LogP contribution in [0.1, 0.15) is 0 Å². The van der Waals surface area contributed by atoms with Crippen molar-refractivity contribution in [1.29, 1.82) is 0 Å². The van der Waals surface area contributed by atoms with Gasteiger partial charge in [-0.2, -0.15) is 0 Å². The summed E-state index contributed by atoms with van der Waals surface area (Å²) in [5, 5.41) is 0. The molecule has 2 aromatic rings. The standard InChI is InChI=1S/C14H16N2O6S3/c15-7-8-16-25(21,22)14-6-2-5-13(10-14)24(19,20)12-4-1-3-11(9-12)23(17)18/h1-6,9-10,16,23H,7-8,15H2. The molecule has 8 nitrogen and oxygen atoms in total. The number of hydrogen-bond donors (Lipinski definition) is 3. The van der Waals surface area contributed by atoms with Crippen LogP contribution >= 0.6 is 0 Å². The summed E-state index contributed by atoms with van der Waals surface area (Å²) in [5.74, 6) is 0. The van der Waals surface area contributed by atoms with Gasteiger partial charge < -0.3 is 5.73 Å². The summed E-state index contributed by atoms with van der Waals surface area (Å²) in [6.45, 7) is 0.106. The van der Waals surface area contributed by atoms with E-state index in [0.717, 1.165) is 12.1 Å². The van der Waals surface area contributed by atoms with Gasteiger partial charge in [0.25, 0.3) is 0 Å². The fourth-order valence-corrected chi connectivity index (χ4v) is 5.04. The summed E-state index contributed by atoms with van der Waals surface area (Å²) in [4.78, 5) is -0.882. The van der Waals surface area contributed by atoms with E-state index < -0.39 is 30.6 Å². The summed E-state index contributed by atoms with van der Waals surface area (Å²) >= 11 is 0. The Morgan fingerprint density at radius 1 is 0.880 bits per heavy atom. The van der Waals surface area contributed by atoms with Crippen molar-refractivity contribution in [2.75, 3.05) is 13.1 Å². The summed E-state index contributed by atoms with van der Waals surface area (Å²) in [6.07, 6.45) is 0. The molecule has 11 heteroatoms. The van der Waals surface area contributed by atoms with E-state index >= 15 is 0 Å². The van der Waals surface area contributed by atoms with E-state index in [9.17, 15) is 25.3 Å². The molecule has 0 aliphatic rings. The van der Waals surface area contributed by atoms with Crippen LogP contribution < -0.4 is 10.5 Å². The van der Waals surface area contributed by atoms with E-state index in [0.29, 0.717) is 0 Å². The Labute approximate surface area is 147 Å². The molecular formula is C14H16N2O6S3. The van der Waals surface area contributed by atoms with Crippen LogP contribution in [0.5, 0.6) is 0 Å². The van der Waals surface area contributed by atoms with Gasteiger partial charge in [0.1, 0.15) is 0 Å². The first-order valence-corrected chi connectivity index (χ1v) is 11.1. The zero-order valence-electron chi connectivity index (χ0n) is 12.8. The van der Waals surface area contributed by atoms with Crippen LogP contribution in [0.25, 0.3) is 0 Å². The Kier molecular flexibility index (Phi) is 5.95. The quantitative estimate of drug-likeness (QED) is 0.539. The molecule has 0 aliphatic heterocycles. The average Bonchev–Trinajstić information content (AvgIpc) is 2.60. The lowest BCUT2D eigenvalue weighted by molar-refractivity contribution is 0.581. The van der Waals surface area contributed by atoms with E-state index in [1.165, 1.54) is 36.4 Å². The minimum atomic E-state index is -4.08. The molecule has 25 heavy (non-hydrogen) atoms. The lowest BCUT2D eigenvalue weighted by Crippen LogP contribution is -2.29. The first-order chi connectivity index (χ1) is 11.7. The van der Waals surface area contributed by atoms with Crippen molar-refractivity contribution in [2.45, 2.75) is 19.6 Å². The fraction of sp³-hybridized carbons (Fsp3) is 0.143. The van der Waals surface area contributed by atoms with Gasteiger partial charge in [-0.3, -0.25) is 0 Å². The Morgan fingerprint density at radius 3 is 2.04 bits per heavy atom. The van der Waals surface area contributed by atoms with E-state index in [1.807, 2.05) is 0 Å². The smallest absolute Gasteiger partial charge is 0.240 e. The average molecular weight is 404 g/mol. The van der Waals surface area contributed by atoms with Crippen molar-refractivity contribution in [2.24, 2.45) is 5.73 Å². The second-order valence-corrected chi connectivity index (χ2v) is 9.67.